The Morgan fingerprint density at radius 1 is 1.36 bits per heavy atom. The number of nitrogens with two attached hydrogens (primary N) is 1. The molecule has 1 fully saturated rings. The van der Waals surface area contributed by atoms with Crippen molar-refractivity contribution in [2.45, 2.75) is 33.1 Å². The van der Waals surface area contributed by atoms with Gasteiger partial charge in [-0.1, -0.05) is 24.6 Å². The number of aliphatic imine (C=N–C) groups is 1. The lowest BCUT2D eigenvalue weighted by molar-refractivity contribution is 0.277. The maximum atomic E-state index is 6.10. The van der Waals surface area contributed by atoms with Gasteiger partial charge in [-0.25, -0.2) is 0 Å². The van der Waals surface area contributed by atoms with E-state index in [2.05, 4.69) is 35.9 Å². The van der Waals surface area contributed by atoms with Crippen LogP contribution in [0.1, 0.15) is 30.9 Å². The van der Waals surface area contributed by atoms with Gasteiger partial charge in [-0.05, 0) is 43.7 Å². The summed E-state index contributed by atoms with van der Waals surface area (Å²) in [5.74, 6) is 2.43. The Hall–Kier alpha value is -0.980. The molecule has 2 rings (SSSR count). The van der Waals surface area contributed by atoms with Gasteiger partial charge in [-0.2, -0.15) is 0 Å². The largest absolute Gasteiger partial charge is 0.496 e. The lowest BCUT2D eigenvalue weighted by Crippen LogP contribution is -2.42. The molecule has 1 heterocycles. The van der Waals surface area contributed by atoms with Gasteiger partial charge in [0.2, 0.25) is 0 Å². The van der Waals surface area contributed by atoms with Crippen molar-refractivity contribution in [1.82, 2.24) is 4.90 Å². The Balaban J connectivity index is 0.00000242. The summed E-state index contributed by atoms with van der Waals surface area (Å²) in [5, 5.41) is 0. The number of benzene rings is 1. The van der Waals surface area contributed by atoms with Crippen LogP contribution in [-0.2, 0) is 6.42 Å². The molecule has 0 unspecified atom stereocenters. The normalized spacial score (nSPS) is 16.3. The lowest BCUT2D eigenvalue weighted by atomic mass is 10.00. The number of halogens is 1. The molecule has 4 nitrogen and oxygen atoms in total. The SMILES string of the molecule is COc1ccc(C)cc1CCN=C(N)N1CCC(C)CC1.I. The summed E-state index contributed by atoms with van der Waals surface area (Å²) in [5.41, 5.74) is 8.54. The number of aryl methyl sites for hydroxylation is 1. The number of piperidine rings is 1. The Morgan fingerprint density at radius 2 is 2.05 bits per heavy atom. The highest BCUT2D eigenvalue weighted by Gasteiger charge is 2.16. The van der Waals surface area contributed by atoms with Crippen LogP contribution >= 0.6 is 24.0 Å². The van der Waals surface area contributed by atoms with Crippen LogP contribution in [0.4, 0.5) is 0 Å². The molecule has 1 aromatic rings. The van der Waals surface area contributed by atoms with Gasteiger partial charge in [-0.3, -0.25) is 4.99 Å². The molecule has 0 bridgehead atoms. The van der Waals surface area contributed by atoms with Gasteiger partial charge in [0, 0.05) is 19.6 Å². The Labute approximate surface area is 151 Å². The molecule has 1 aliphatic heterocycles. The molecule has 0 radical (unpaired) electrons. The average molecular weight is 417 g/mol. The van der Waals surface area contributed by atoms with Gasteiger partial charge in [0.15, 0.2) is 5.96 Å². The van der Waals surface area contributed by atoms with Gasteiger partial charge in [0.1, 0.15) is 5.75 Å². The van der Waals surface area contributed by atoms with Gasteiger partial charge < -0.3 is 15.4 Å². The van der Waals surface area contributed by atoms with Crippen molar-refractivity contribution in [3.63, 3.8) is 0 Å². The fourth-order valence-electron chi connectivity index (χ4n) is 2.73. The van der Waals surface area contributed by atoms with Crippen LogP contribution in [0.2, 0.25) is 0 Å². The zero-order chi connectivity index (χ0) is 15.2. The fraction of sp³-hybridized carbons (Fsp3) is 0.588. The topological polar surface area (TPSA) is 50.9 Å². The van der Waals surface area contributed by atoms with Gasteiger partial charge >= 0.3 is 0 Å². The van der Waals surface area contributed by atoms with Gasteiger partial charge in [0.05, 0.1) is 7.11 Å². The van der Waals surface area contributed by atoms with Crippen molar-refractivity contribution in [3.8, 4) is 5.75 Å². The highest BCUT2D eigenvalue weighted by Crippen LogP contribution is 2.20. The summed E-state index contributed by atoms with van der Waals surface area (Å²) in [4.78, 5) is 6.74. The number of methoxy groups -OCH3 is 1. The smallest absolute Gasteiger partial charge is 0.191 e. The van der Waals surface area contributed by atoms with Crippen LogP contribution in [0.15, 0.2) is 23.2 Å². The summed E-state index contributed by atoms with van der Waals surface area (Å²) < 4.78 is 5.40. The maximum Gasteiger partial charge on any atom is 0.191 e. The molecule has 0 spiro atoms. The van der Waals surface area contributed by atoms with Crippen LogP contribution in [-0.4, -0.2) is 37.6 Å². The third-order valence-electron chi connectivity index (χ3n) is 4.20. The van der Waals surface area contributed by atoms with Crippen molar-refractivity contribution in [2.75, 3.05) is 26.7 Å². The predicted molar refractivity (Wildman–Crippen MR) is 103 cm³/mol. The fourth-order valence-corrected chi connectivity index (χ4v) is 2.73. The summed E-state index contributed by atoms with van der Waals surface area (Å²) in [6.07, 6.45) is 3.28. The van der Waals surface area contributed by atoms with Crippen LogP contribution in [0.3, 0.4) is 0 Å². The molecular weight excluding hydrogens is 389 g/mol. The van der Waals surface area contributed by atoms with E-state index in [1.54, 1.807) is 7.11 Å². The second-order valence-electron chi connectivity index (χ2n) is 5.97. The van der Waals surface area contributed by atoms with E-state index in [4.69, 9.17) is 10.5 Å². The van der Waals surface area contributed by atoms with Crippen molar-refractivity contribution in [2.24, 2.45) is 16.6 Å². The second kappa shape index (κ2) is 9.22. The average Bonchev–Trinajstić information content (AvgIpc) is 2.48. The van der Waals surface area contributed by atoms with E-state index in [-0.39, 0.29) is 24.0 Å². The first-order valence-corrected chi connectivity index (χ1v) is 7.78. The Kier molecular flexibility index (Phi) is 8.00. The van der Waals surface area contributed by atoms with Crippen LogP contribution in [0.5, 0.6) is 5.75 Å². The Bertz CT molecular complexity index is 497. The quantitative estimate of drug-likeness (QED) is 0.465. The maximum absolute atomic E-state index is 6.10. The zero-order valence-electron chi connectivity index (χ0n) is 13.8. The first-order chi connectivity index (χ1) is 10.1. The van der Waals surface area contributed by atoms with Crippen LogP contribution in [0.25, 0.3) is 0 Å². The van der Waals surface area contributed by atoms with E-state index in [0.29, 0.717) is 12.5 Å². The summed E-state index contributed by atoms with van der Waals surface area (Å²) in [6, 6.07) is 6.24. The molecule has 1 aromatic carbocycles. The van der Waals surface area contributed by atoms with Crippen molar-refractivity contribution in [1.29, 1.82) is 0 Å². The standard InChI is InChI=1S/C17H27N3O.HI/c1-13-7-10-20(11-8-13)17(18)19-9-6-15-12-14(2)4-5-16(15)21-3;/h4-5,12-13H,6-11H2,1-3H3,(H2,18,19);1H. The molecule has 0 atom stereocenters. The molecule has 1 aliphatic rings. The molecule has 0 aliphatic carbocycles. The number of guanidine groups is 1. The zero-order valence-corrected chi connectivity index (χ0v) is 16.2. The monoisotopic (exact) mass is 417 g/mol. The molecule has 5 heteroatoms. The Morgan fingerprint density at radius 3 is 2.68 bits per heavy atom. The van der Waals surface area contributed by atoms with Crippen molar-refractivity contribution < 1.29 is 4.74 Å². The number of nitrogens with zero attached hydrogens (tertiary/aromatic N) is 2. The molecule has 124 valence electrons. The van der Waals surface area contributed by atoms with Crippen LogP contribution in [0, 0.1) is 12.8 Å². The van der Waals surface area contributed by atoms with Gasteiger partial charge in [-0.15, -0.1) is 24.0 Å². The molecule has 0 amide bonds. The highest BCUT2D eigenvalue weighted by atomic mass is 127. The predicted octanol–water partition coefficient (Wildman–Crippen LogP) is 3.21. The molecule has 0 aromatic heterocycles. The van der Waals surface area contributed by atoms with Crippen molar-refractivity contribution >= 4 is 29.9 Å². The number of hydrogen-bond acceptors (Lipinski definition) is 2. The van der Waals surface area contributed by atoms with E-state index in [0.717, 1.165) is 31.2 Å². The molecule has 22 heavy (non-hydrogen) atoms. The number of rotatable bonds is 4. The first-order valence-electron chi connectivity index (χ1n) is 7.78. The van der Waals surface area contributed by atoms with E-state index in [9.17, 15) is 0 Å². The molecule has 1 saturated heterocycles. The van der Waals surface area contributed by atoms with Gasteiger partial charge in [0.25, 0.3) is 0 Å². The second-order valence-corrected chi connectivity index (χ2v) is 5.97. The first kappa shape index (κ1) is 19.1. The summed E-state index contributed by atoms with van der Waals surface area (Å²) in [6.45, 7) is 7.16. The minimum absolute atomic E-state index is 0. The molecule has 0 saturated carbocycles. The third kappa shape index (κ3) is 5.34. The number of ether oxygens (including phenoxy) is 1. The minimum Gasteiger partial charge on any atom is -0.496 e. The van der Waals surface area contributed by atoms with E-state index < -0.39 is 0 Å². The van der Waals surface area contributed by atoms with Crippen molar-refractivity contribution in [3.05, 3.63) is 29.3 Å². The highest BCUT2D eigenvalue weighted by molar-refractivity contribution is 14.0. The third-order valence-corrected chi connectivity index (χ3v) is 4.20. The summed E-state index contributed by atoms with van der Waals surface area (Å²) >= 11 is 0. The lowest BCUT2D eigenvalue weighted by Gasteiger charge is -2.31. The van der Waals surface area contributed by atoms with Crippen LogP contribution < -0.4 is 10.5 Å². The van der Waals surface area contributed by atoms with E-state index >= 15 is 0 Å². The summed E-state index contributed by atoms with van der Waals surface area (Å²) in [7, 11) is 1.71. The number of likely N-dealkylation sites (tertiary alicyclic amines) is 1. The van der Waals surface area contributed by atoms with E-state index in [1.165, 1.54) is 24.0 Å². The molecular formula is C17H28IN3O. The van der Waals surface area contributed by atoms with E-state index in [1.807, 2.05) is 6.07 Å². The number of hydrogen-bond donors (Lipinski definition) is 1. The minimum atomic E-state index is 0. The molecule has 2 N–H and O–H groups in total.